The van der Waals surface area contributed by atoms with Crippen LogP contribution in [-0.2, 0) is 9.59 Å². The van der Waals surface area contributed by atoms with E-state index in [0.29, 0.717) is 6.54 Å². The zero-order chi connectivity index (χ0) is 18.4. The average molecular weight is 355 g/mol. The van der Waals surface area contributed by atoms with Crippen LogP contribution in [0.4, 0.5) is 11.4 Å². The first kappa shape index (κ1) is 18.6. The summed E-state index contributed by atoms with van der Waals surface area (Å²) in [7, 11) is 0. The van der Waals surface area contributed by atoms with Gasteiger partial charge in [0, 0.05) is 17.3 Å². The van der Waals surface area contributed by atoms with Crippen molar-refractivity contribution in [2.45, 2.75) is 51.9 Å². The quantitative estimate of drug-likeness (QED) is 0.491. The van der Waals surface area contributed by atoms with Crippen molar-refractivity contribution < 1.29 is 9.59 Å². The summed E-state index contributed by atoms with van der Waals surface area (Å²) in [4.78, 5) is 24.1. The van der Waals surface area contributed by atoms with Crippen LogP contribution < -0.4 is 16.0 Å². The Morgan fingerprint density at radius 1 is 1.12 bits per heavy atom. The van der Waals surface area contributed by atoms with Gasteiger partial charge in [-0.1, -0.05) is 17.7 Å². The van der Waals surface area contributed by atoms with Crippen LogP contribution >= 0.6 is 0 Å². The molecular formula is C21H29N3O2. The maximum absolute atomic E-state index is 12.2. The van der Waals surface area contributed by atoms with Gasteiger partial charge in [0.1, 0.15) is 0 Å². The number of carbonyl (C=O) groups excluding carboxylic acids is 2. The molecule has 0 aromatic heterocycles. The molecule has 3 N–H and O–H groups in total. The molecule has 2 aliphatic carbocycles. The van der Waals surface area contributed by atoms with Crippen molar-refractivity contribution in [3.05, 3.63) is 35.4 Å². The van der Waals surface area contributed by atoms with Gasteiger partial charge in [0.05, 0.1) is 6.54 Å². The average Bonchev–Trinajstić information content (AvgIpc) is 3.48. The lowest BCUT2D eigenvalue weighted by Crippen LogP contribution is -2.29. The maximum atomic E-state index is 12.2. The molecule has 0 saturated heterocycles. The molecule has 1 saturated carbocycles. The van der Waals surface area contributed by atoms with E-state index in [2.05, 4.69) is 22.0 Å². The largest absolute Gasteiger partial charge is 0.326 e. The Bertz CT molecular complexity index is 692. The third kappa shape index (κ3) is 5.43. The van der Waals surface area contributed by atoms with Gasteiger partial charge < -0.3 is 16.0 Å². The summed E-state index contributed by atoms with van der Waals surface area (Å²) >= 11 is 0. The fourth-order valence-corrected chi connectivity index (χ4v) is 3.26. The normalized spacial score (nSPS) is 16.7. The Morgan fingerprint density at radius 2 is 1.88 bits per heavy atom. The van der Waals surface area contributed by atoms with Crippen LogP contribution in [0.1, 0.15) is 50.5 Å². The zero-order valence-corrected chi connectivity index (χ0v) is 15.6. The summed E-state index contributed by atoms with van der Waals surface area (Å²) in [5.74, 6) is 0.183. The van der Waals surface area contributed by atoms with Crippen LogP contribution in [0.15, 0.2) is 29.8 Å². The van der Waals surface area contributed by atoms with E-state index in [0.717, 1.165) is 42.7 Å². The Labute approximate surface area is 155 Å². The number of carbonyl (C=O) groups is 2. The maximum Gasteiger partial charge on any atom is 0.238 e. The first-order valence-corrected chi connectivity index (χ1v) is 9.72. The first-order valence-electron chi connectivity index (χ1n) is 9.72. The lowest BCUT2D eigenvalue weighted by molar-refractivity contribution is -0.117. The summed E-state index contributed by atoms with van der Waals surface area (Å²) in [6, 6.07) is 5.60. The molecule has 2 aliphatic rings. The summed E-state index contributed by atoms with van der Waals surface area (Å²) in [5, 5.41) is 9.12. The number of allylic oxidation sites excluding steroid dienone is 1. The molecule has 5 heteroatoms. The van der Waals surface area contributed by atoms with E-state index < -0.39 is 0 Å². The number of hydrogen-bond acceptors (Lipinski definition) is 3. The molecule has 140 valence electrons. The predicted molar refractivity (Wildman–Crippen MR) is 105 cm³/mol. The number of hydrogen-bond donors (Lipinski definition) is 3. The smallest absolute Gasteiger partial charge is 0.238 e. The van der Waals surface area contributed by atoms with Crippen LogP contribution in [0.5, 0.6) is 0 Å². The Kier molecular flexibility index (Phi) is 6.45. The van der Waals surface area contributed by atoms with Crippen LogP contribution in [-0.4, -0.2) is 24.9 Å². The highest BCUT2D eigenvalue weighted by Gasteiger charge is 2.29. The minimum absolute atomic E-state index is 0.0589. The number of amides is 2. The van der Waals surface area contributed by atoms with Crippen molar-refractivity contribution in [2.24, 2.45) is 5.92 Å². The van der Waals surface area contributed by atoms with Gasteiger partial charge in [0.2, 0.25) is 11.8 Å². The molecule has 0 heterocycles. The van der Waals surface area contributed by atoms with Gasteiger partial charge in [-0.2, -0.15) is 0 Å². The summed E-state index contributed by atoms with van der Waals surface area (Å²) in [5.41, 5.74) is 3.93. The lowest BCUT2D eigenvalue weighted by atomic mass is 9.97. The van der Waals surface area contributed by atoms with Crippen molar-refractivity contribution in [1.29, 1.82) is 0 Å². The van der Waals surface area contributed by atoms with Gasteiger partial charge >= 0.3 is 0 Å². The Hall–Kier alpha value is -2.14. The van der Waals surface area contributed by atoms with Crippen LogP contribution in [0.3, 0.4) is 0 Å². The van der Waals surface area contributed by atoms with Crippen molar-refractivity contribution in [3.63, 3.8) is 0 Å². The molecule has 0 radical (unpaired) electrons. The van der Waals surface area contributed by atoms with Crippen molar-refractivity contribution in [3.8, 4) is 0 Å². The highest BCUT2D eigenvalue weighted by molar-refractivity contribution is 5.97. The second-order valence-corrected chi connectivity index (χ2v) is 7.32. The van der Waals surface area contributed by atoms with Gasteiger partial charge in [-0.3, -0.25) is 9.59 Å². The second-order valence-electron chi connectivity index (χ2n) is 7.32. The molecule has 2 amide bonds. The SMILES string of the molecule is Cc1c(NC(=O)CNCCC2=CCCCC2)cccc1NC(=O)C1CC1. The van der Waals surface area contributed by atoms with Crippen molar-refractivity contribution in [2.75, 3.05) is 23.7 Å². The van der Waals surface area contributed by atoms with Gasteiger partial charge in [0.25, 0.3) is 0 Å². The molecule has 1 aromatic rings. The predicted octanol–water partition coefficient (Wildman–Crippen LogP) is 3.76. The molecular weight excluding hydrogens is 326 g/mol. The molecule has 0 bridgehead atoms. The fraction of sp³-hybridized carbons (Fsp3) is 0.524. The highest BCUT2D eigenvalue weighted by atomic mass is 16.2. The number of benzene rings is 1. The molecule has 0 spiro atoms. The van der Waals surface area contributed by atoms with E-state index in [9.17, 15) is 9.59 Å². The molecule has 0 unspecified atom stereocenters. The van der Waals surface area contributed by atoms with E-state index in [-0.39, 0.29) is 17.7 Å². The zero-order valence-electron chi connectivity index (χ0n) is 15.6. The third-order valence-electron chi connectivity index (χ3n) is 5.11. The number of nitrogens with one attached hydrogen (secondary N) is 3. The molecule has 1 fully saturated rings. The van der Waals surface area contributed by atoms with Gasteiger partial charge in [0.15, 0.2) is 0 Å². The topological polar surface area (TPSA) is 70.2 Å². The first-order chi connectivity index (χ1) is 12.6. The molecule has 5 nitrogen and oxygen atoms in total. The summed E-state index contributed by atoms with van der Waals surface area (Å²) in [6.45, 7) is 3.04. The third-order valence-corrected chi connectivity index (χ3v) is 5.11. The van der Waals surface area contributed by atoms with Crippen LogP contribution in [0, 0.1) is 12.8 Å². The molecule has 3 rings (SSSR count). The van der Waals surface area contributed by atoms with Crippen LogP contribution in [0.25, 0.3) is 0 Å². The van der Waals surface area contributed by atoms with E-state index in [1.807, 2.05) is 25.1 Å². The van der Waals surface area contributed by atoms with Gasteiger partial charge in [-0.25, -0.2) is 0 Å². The summed E-state index contributed by atoms with van der Waals surface area (Å²) in [6.07, 6.45) is 10.3. The molecule has 1 aromatic carbocycles. The van der Waals surface area contributed by atoms with Crippen LogP contribution in [0.2, 0.25) is 0 Å². The van der Waals surface area contributed by atoms with E-state index in [4.69, 9.17) is 0 Å². The van der Waals surface area contributed by atoms with E-state index in [1.165, 1.54) is 31.3 Å². The number of anilines is 2. The number of rotatable bonds is 8. The second kappa shape index (κ2) is 8.99. The highest BCUT2D eigenvalue weighted by Crippen LogP contribution is 2.31. The molecule has 0 aliphatic heterocycles. The van der Waals surface area contributed by atoms with Gasteiger partial charge in [-0.05, 0) is 76.1 Å². The van der Waals surface area contributed by atoms with Crippen molar-refractivity contribution in [1.82, 2.24) is 5.32 Å². The monoisotopic (exact) mass is 355 g/mol. The standard InChI is InChI=1S/C21H29N3O2/c1-15-18(8-5-9-19(15)24-21(26)17-10-11-17)23-20(25)14-22-13-12-16-6-3-2-4-7-16/h5-6,8-9,17,22H,2-4,7,10-14H2,1H3,(H,23,25)(H,24,26). The lowest BCUT2D eigenvalue weighted by Gasteiger charge is -2.14. The molecule has 0 atom stereocenters. The minimum Gasteiger partial charge on any atom is -0.326 e. The Morgan fingerprint density at radius 3 is 2.58 bits per heavy atom. The fourth-order valence-electron chi connectivity index (χ4n) is 3.26. The van der Waals surface area contributed by atoms with Gasteiger partial charge in [-0.15, -0.1) is 0 Å². The van der Waals surface area contributed by atoms with Crippen molar-refractivity contribution >= 4 is 23.2 Å². The summed E-state index contributed by atoms with van der Waals surface area (Å²) < 4.78 is 0. The van der Waals surface area contributed by atoms with E-state index in [1.54, 1.807) is 0 Å². The Balaban J connectivity index is 1.44. The van der Waals surface area contributed by atoms with E-state index >= 15 is 0 Å². The molecule has 26 heavy (non-hydrogen) atoms. The minimum atomic E-state index is -0.0589.